The van der Waals surface area contributed by atoms with Gasteiger partial charge >= 0.3 is 0 Å². The van der Waals surface area contributed by atoms with E-state index < -0.39 is 0 Å². The lowest BCUT2D eigenvalue weighted by Gasteiger charge is -2.09. The molecule has 0 bridgehead atoms. The molecule has 2 aromatic carbocycles. The molecule has 0 saturated heterocycles. The van der Waals surface area contributed by atoms with Crippen molar-refractivity contribution in [1.29, 1.82) is 0 Å². The SMILES string of the molecule is C=CCOc1ccc(/C=N/NC(=O)COc2ccc(Cl)cc2)cc1OC. The van der Waals surface area contributed by atoms with Gasteiger partial charge < -0.3 is 14.2 Å². The van der Waals surface area contributed by atoms with Crippen LogP contribution in [0, 0.1) is 0 Å². The minimum Gasteiger partial charge on any atom is -0.493 e. The van der Waals surface area contributed by atoms with Gasteiger partial charge in [0.05, 0.1) is 13.3 Å². The molecule has 7 heteroatoms. The third kappa shape index (κ3) is 6.14. The number of methoxy groups -OCH3 is 1. The van der Waals surface area contributed by atoms with Crippen LogP contribution in [-0.4, -0.2) is 32.4 Å². The minimum atomic E-state index is -0.380. The maximum Gasteiger partial charge on any atom is 0.277 e. The average molecular weight is 375 g/mol. The van der Waals surface area contributed by atoms with Crippen molar-refractivity contribution in [2.75, 3.05) is 20.3 Å². The van der Waals surface area contributed by atoms with Gasteiger partial charge in [-0.25, -0.2) is 5.43 Å². The molecule has 1 amide bonds. The molecule has 2 rings (SSSR count). The maximum atomic E-state index is 11.7. The summed E-state index contributed by atoms with van der Waals surface area (Å²) in [5, 5.41) is 4.50. The Bertz CT molecular complexity index is 776. The van der Waals surface area contributed by atoms with Gasteiger partial charge in [0.15, 0.2) is 18.1 Å². The first-order valence-electron chi connectivity index (χ1n) is 7.74. The Morgan fingerprint density at radius 3 is 2.65 bits per heavy atom. The highest BCUT2D eigenvalue weighted by atomic mass is 35.5. The van der Waals surface area contributed by atoms with Crippen molar-refractivity contribution in [1.82, 2.24) is 5.43 Å². The fourth-order valence-electron chi connectivity index (χ4n) is 1.92. The Hall–Kier alpha value is -2.99. The van der Waals surface area contributed by atoms with E-state index in [0.717, 1.165) is 5.56 Å². The zero-order valence-electron chi connectivity index (χ0n) is 14.3. The number of rotatable bonds is 9. The lowest BCUT2D eigenvalue weighted by Crippen LogP contribution is -2.24. The van der Waals surface area contributed by atoms with E-state index in [1.165, 1.54) is 6.21 Å². The smallest absolute Gasteiger partial charge is 0.277 e. The number of amides is 1. The fourth-order valence-corrected chi connectivity index (χ4v) is 2.05. The second-order valence-corrected chi connectivity index (χ2v) is 5.48. The number of ether oxygens (including phenoxy) is 3. The third-order valence-corrected chi connectivity index (χ3v) is 3.38. The van der Waals surface area contributed by atoms with Crippen LogP contribution >= 0.6 is 11.6 Å². The highest BCUT2D eigenvalue weighted by molar-refractivity contribution is 6.30. The van der Waals surface area contributed by atoms with Crippen molar-refractivity contribution in [3.8, 4) is 17.2 Å². The summed E-state index contributed by atoms with van der Waals surface area (Å²) in [7, 11) is 1.55. The van der Waals surface area contributed by atoms with Crippen molar-refractivity contribution in [3.05, 3.63) is 65.7 Å². The molecule has 0 aliphatic carbocycles. The number of nitrogens with zero attached hydrogens (tertiary/aromatic N) is 1. The molecular weight excluding hydrogens is 356 g/mol. The van der Waals surface area contributed by atoms with E-state index in [9.17, 15) is 4.79 Å². The van der Waals surface area contributed by atoms with Gasteiger partial charge in [-0.05, 0) is 48.0 Å². The normalized spacial score (nSPS) is 10.4. The van der Waals surface area contributed by atoms with Gasteiger partial charge in [-0.2, -0.15) is 5.10 Å². The summed E-state index contributed by atoms with van der Waals surface area (Å²) in [5.74, 6) is 1.33. The maximum absolute atomic E-state index is 11.7. The zero-order chi connectivity index (χ0) is 18.8. The highest BCUT2D eigenvalue weighted by Crippen LogP contribution is 2.27. The van der Waals surface area contributed by atoms with Crippen LogP contribution in [0.1, 0.15) is 5.56 Å². The lowest BCUT2D eigenvalue weighted by atomic mass is 10.2. The summed E-state index contributed by atoms with van der Waals surface area (Å²) >= 11 is 5.78. The van der Waals surface area contributed by atoms with E-state index >= 15 is 0 Å². The van der Waals surface area contributed by atoms with Crippen LogP contribution in [0.25, 0.3) is 0 Å². The molecule has 0 spiro atoms. The van der Waals surface area contributed by atoms with Crippen LogP contribution in [0.5, 0.6) is 17.2 Å². The predicted molar refractivity (Wildman–Crippen MR) is 101 cm³/mol. The number of carbonyl (C=O) groups is 1. The number of hydrazone groups is 1. The number of hydrogen-bond acceptors (Lipinski definition) is 5. The molecule has 2 aromatic rings. The largest absolute Gasteiger partial charge is 0.493 e. The van der Waals surface area contributed by atoms with E-state index in [1.807, 2.05) is 0 Å². The Kier molecular flexibility index (Phi) is 7.51. The fraction of sp³-hybridized carbons (Fsp3) is 0.158. The second kappa shape index (κ2) is 10.1. The number of benzene rings is 2. The van der Waals surface area contributed by atoms with Gasteiger partial charge in [0.2, 0.25) is 0 Å². The van der Waals surface area contributed by atoms with Crippen molar-refractivity contribution < 1.29 is 19.0 Å². The quantitative estimate of drug-likeness (QED) is 0.414. The molecule has 0 unspecified atom stereocenters. The first-order valence-corrected chi connectivity index (χ1v) is 8.12. The predicted octanol–water partition coefficient (Wildman–Crippen LogP) is 3.44. The summed E-state index contributed by atoms with van der Waals surface area (Å²) in [6, 6.07) is 12.0. The zero-order valence-corrected chi connectivity index (χ0v) is 15.0. The summed E-state index contributed by atoms with van der Waals surface area (Å²) in [6.07, 6.45) is 3.15. The molecule has 136 valence electrons. The van der Waals surface area contributed by atoms with Crippen LogP contribution in [0.15, 0.2) is 60.2 Å². The van der Waals surface area contributed by atoms with Crippen LogP contribution in [0.2, 0.25) is 5.02 Å². The molecule has 6 nitrogen and oxygen atoms in total. The number of hydrogen-bond donors (Lipinski definition) is 1. The molecule has 0 aliphatic heterocycles. The van der Waals surface area contributed by atoms with Crippen LogP contribution in [0.4, 0.5) is 0 Å². The number of halogens is 1. The summed E-state index contributed by atoms with van der Waals surface area (Å²) in [4.78, 5) is 11.7. The van der Waals surface area contributed by atoms with E-state index in [-0.39, 0.29) is 12.5 Å². The topological polar surface area (TPSA) is 69.2 Å². The minimum absolute atomic E-state index is 0.156. The molecular formula is C19H19ClN2O4. The molecule has 1 N–H and O–H groups in total. The summed E-state index contributed by atoms with van der Waals surface area (Å²) in [5.41, 5.74) is 3.14. The Morgan fingerprint density at radius 1 is 1.19 bits per heavy atom. The molecule has 0 radical (unpaired) electrons. The van der Waals surface area contributed by atoms with E-state index in [1.54, 1.807) is 55.7 Å². The molecule has 26 heavy (non-hydrogen) atoms. The Balaban J connectivity index is 1.85. The number of carbonyl (C=O) groups excluding carboxylic acids is 1. The van der Waals surface area contributed by atoms with Crippen LogP contribution < -0.4 is 19.6 Å². The molecule has 0 heterocycles. The van der Waals surface area contributed by atoms with Crippen molar-refractivity contribution >= 4 is 23.7 Å². The highest BCUT2D eigenvalue weighted by Gasteiger charge is 2.05. The number of nitrogens with one attached hydrogen (secondary N) is 1. The van der Waals surface area contributed by atoms with Gasteiger partial charge in [0.1, 0.15) is 12.4 Å². The Morgan fingerprint density at radius 2 is 1.96 bits per heavy atom. The molecule has 0 aromatic heterocycles. The van der Waals surface area contributed by atoms with Crippen LogP contribution in [0.3, 0.4) is 0 Å². The van der Waals surface area contributed by atoms with Gasteiger partial charge in [0, 0.05) is 5.02 Å². The van der Waals surface area contributed by atoms with E-state index in [2.05, 4.69) is 17.1 Å². The lowest BCUT2D eigenvalue weighted by molar-refractivity contribution is -0.123. The van der Waals surface area contributed by atoms with Gasteiger partial charge in [-0.15, -0.1) is 0 Å². The first kappa shape index (κ1) is 19.3. The van der Waals surface area contributed by atoms with Crippen molar-refractivity contribution in [2.45, 2.75) is 0 Å². The summed E-state index contributed by atoms with van der Waals surface area (Å²) in [6.45, 7) is 3.83. The molecule has 0 atom stereocenters. The standard InChI is InChI=1S/C19H19ClN2O4/c1-3-10-25-17-9-4-14(11-18(17)24-2)12-21-22-19(23)13-26-16-7-5-15(20)6-8-16/h3-9,11-12H,1,10,13H2,2H3,(H,22,23)/b21-12+. The van der Waals surface area contributed by atoms with E-state index in [0.29, 0.717) is 28.9 Å². The average Bonchev–Trinajstić information content (AvgIpc) is 2.66. The van der Waals surface area contributed by atoms with Gasteiger partial charge in [-0.1, -0.05) is 24.3 Å². The first-order chi connectivity index (χ1) is 12.6. The monoisotopic (exact) mass is 374 g/mol. The van der Waals surface area contributed by atoms with Crippen LogP contribution in [-0.2, 0) is 4.79 Å². The molecule has 0 aliphatic rings. The van der Waals surface area contributed by atoms with Crippen molar-refractivity contribution in [2.24, 2.45) is 5.10 Å². The second-order valence-electron chi connectivity index (χ2n) is 5.05. The third-order valence-electron chi connectivity index (χ3n) is 3.13. The molecule has 0 saturated carbocycles. The molecule has 0 fully saturated rings. The summed E-state index contributed by atoms with van der Waals surface area (Å²) < 4.78 is 16.1. The van der Waals surface area contributed by atoms with Gasteiger partial charge in [0.25, 0.3) is 5.91 Å². The van der Waals surface area contributed by atoms with Gasteiger partial charge in [-0.3, -0.25) is 4.79 Å². The Labute approximate surface area is 157 Å². The van der Waals surface area contributed by atoms with Crippen molar-refractivity contribution in [3.63, 3.8) is 0 Å². The van der Waals surface area contributed by atoms with E-state index in [4.69, 9.17) is 25.8 Å².